The van der Waals surface area contributed by atoms with E-state index in [1.165, 1.54) is 0 Å². The summed E-state index contributed by atoms with van der Waals surface area (Å²) >= 11 is 0. The minimum absolute atomic E-state index is 0.0779. The van der Waals surface area contributed by atoms with Crippen LogP contribution in [-0.4, -0.2) is 30.8 Å². The van der Waals surface area contributed by atoms with Crippen LogP contribution in [0.2, 0.25) is 0 Å². The van der Waals surface area contributed by atoms with Gasteiger partial charge in [0.1, 0.15) is 0 Å². The number of ether oxygens (including phenoxy) is 1. The Kier molecular flexibility index (Phi) is 4.58. The number of hydrogen-bond donors (Lipinski definition) is 0. The fourth-order valence-electron chi connectivity index (χ4n) is 0.438. The van der Waals surface area contributed by atoms with Crippen LogP contribution in [0.4, 0.5) is 0 Å². The van der Waals surface area contributed by atoms with Crippen molar-refractivity contribution in [3.05, 3.63) is 0 Å². The summed E-state index contributed by atoms with van der Waals surface area (Å²) in [5.74, 6) is 0.485. The van der Waals surface area contributed by atoms with E-state index in [0.29, 0.717) is 12.4 Å². The molecule has 0 saturated heterocycles. The maximum Gasteiger partial charge on any atom is 0.356 e. The van der Waals surface area contributed by atoms with Crippen molar-refractivity contribution in [1.82, 2.24) is 0 Å². The van der Waals surface area contributed by atoms with Crippen LogP contribution in [0.5, 0.6) is 0 Å². The van der Waals surface area contributed by atoms with E-state index in [0.717, 1.165) is 0 Å². The van der Waals surface area contributed by atoms with E-state index >= 15 is 0 Å². The first-order chi connectivity index (χ1) is 4.16. The van der Waals surface area contributed by atoms with E-state index in [4.69, 9.17) is 4.74 Å². The molecule has 2 nitrogen and oxygen atoms in total. The van der Waals surface area contributed by atoms with E-state index < -0.39 is 0 Å². The summed E-state index contributed by atoms with van der Waals surface area (Å²) in [6, 6.07) is 0. The van der Waals surface area contributed by atoms with Crippen molar-refractivity contribution in [3.8, 4) is 0 Å². The normalized spacial score (nSPS) is 9.78. The summed E-state index contributed by atoms with van der Waals surface area (Å²) in [5.41, 5.74) is 0. The van der Waals surface area contributed by atoms with Gasteiger partial charge < -0.3 is 4.74 Å². The Morgan fingerprint density at radius 2 is 2.11 bits per heavy atom. The second-order valence-electron chi connectivity index (χ2n) is 1.93. The lowest BCUT2D eigenvalue weighted by atomic mass is 10.9. The van der Waals surface area contributed by atoms with Crippen LogP contribution < -0.4 is 0 Å². The van der Waals surface area contributed by atoms with Crippen molar-refractivity contribution in [2.75, 3.05) is 24.9 Å². The first-order valence-corrected chi connectivity index (χ1v) is 5.07. The molecule has 0 unspecified atom stereocenters. The first kappa shape index (κ1) is 8.82. The van der Waals surface area contributed by atoms with E-state index in [2.05, 4.69) is 0 Å². The number of hydrogen-bond acceptors (Lipinski definition) is 2. The monoisotopic (exact) mass is 151 g/mol. The quantitative estimate of drug-likeness (QED) is 0.332. The van der Waals surface area contributed by atoms with Crippen LogP contribution in [0.15, 0.2) is 0 Å². The molecule has 0 aromatic rings. The molecule has 9 heavy (non-hydrogen) atoms. The molecule has 0 aromatic carbocycles. The second-order valence-corrected chi connectivity index (χ2v) is 4.19. The molecule has 0 rings (SSSR count). The van der Waals surface area contributed by atoms with Crippen molar-refractivity contribution < 1.29 is 9.53 Å². The summed E-state index contributed by atoms with van der Waals surface area (Å²) in [5, 5.41) is 0. The van der Waals surface area contributed by atoms with Gasteiger partial charge in [0.15, 0.2) is 0 Å². The molecule has 0 bridgehead atoms. The van der Waals surface area contributed by atoms with Gasteiger partial charge in [-0.05, 0) is 17.8 Å². The Balaban J connectivity index is 3.27. The zero-order chi connectivity index (χ0) is 7.28. The van der Waals surface area contributed by atoms with Gasteiger partial charge in [0.2, 0.25) is 5.75 Å². The molecule has 0 fully saturated rings. The van der Waals surface area contributed by atoms with Gasteiger partial charge in [0.25, 0.3) is 0 Å². The molecular formula is C6H13O2S+. The molecule has 0 aromatic heterocycles. The van der Waals surface area contributed by atoms with Crippen LogP contribution in [0.1, 0.15) is 6.92 Å². The topological polar surface area (TPSA) is 26.3 Å². The van der Waals surface area contributed by atoms with Gasteiger partial charge in [-0.2, -0.15) is 0 Å². The fourth-order valence-corrected chi connectivity index (χ4v) is 0.993. The lowest BCUT2D eigenvalue weighted by molar-refractivity contribution is -0.139. The van der Waals surface area contributed by atoms with Gasteiger partial charge in [-0.25, -0.2) is 4.79 Å². The van der Waals surface area contributed by atoms with Gasteiger partial charge in [-0.1, -0.05) is 0 Å². The van der Waals surface area contributed by atoms with Gasteiger partial charge in [0.05, 0.1) is 19.1 Å². The van der Waals surface area contributed by atoms with Crippen molar-refractivity contribution in [2.45, 2.75) is 6.92 Å². The minimum atomic E-state index is -0.0779. The summed E-state index contributed by atoms with van der Waals surface area (Å²) in [7, 11) is 0.178. The third-order valence-corrected chi connectivity index (χ3v) is 1.52. The van der Waals surface area contributed by atoms with Crippen molar-refractivity contribution >= 4 is 16.9 Å². The highest BCUT2D eigenvalue weighted by Crippen LogP contribution is 1.86. The van der Waals surface area contributed by atoms with Crippen LogP contribution in [0, 0.1) is 0 Å². The van der Waals surface area contributed by atoms with E-state index in [1.54, 1.807) is 0 Å². The van der Waals surface area contributed by atoms with Crippen LogP contribution >= 0.6 is 0 Å². The maximum atomic E-state index is 10.6. The standard InChI is InChI=1S/C6H13O2S/c1-4-8-6(7)5-9(2)3/h4-5H2,1-3H3/q+1/i5+1,6+1. The number of carbonyl (C=O) groups excluding carboxylic acids is 1. The third kappa shape index (κ3) is 5.69. The molecule has 0 amide bonds. The average Bonchev–Trinajstić information content (AvgIpc) is 1.63. The Labute approximate surface area is 58.9 Å². The zero-order valence-corrected chi connectivity index (χ0v) is 6.96. The van der Waals surface area contributed by atoms with Crippen LogP contribution in [0.25, 0.3) is 0 Å². The third-order valence-electron chi connectivity index (χ3n) is 0.712. The molecule has 0 radical (unpaired) electrons. The molecule has 3 heteroatoms. The van der Waals surface area contributed by atoms with Crippen LogP contribution in [0.3, 0.4) is 0 Å². The highest BCUT2D eigenvalue weighted by Gasteiger charge is 2.10. The minimum Gasteiger partial charge on any atom is -0.463 e. The highest BCUT2D eigenvalue weighted by atomic mass is 32.2. The molecule has 0 aliphatic heterocycles. The lowest BCUT2D eigenvalue weighted by Crippen LogP contribution is -2.16. The summed E-state index contributed by atoms with van der Waals surface area (Å²) in [6.07, 6.45) is 4.05. The van der Waals surface area contributed by atoms with E-state index in [9.17, 15) is 4.79 Å². The van der Waals surface area contributed by atoms with Gasteiger partial charge >= 0.3 is 5.97 Å². The molecular weight excluding hydrogens is 138 g/mol. The number of rotatable bonds is 3. The molecule has 54 valence electrons. The number of esters is 1. The SMILES string of the molecule is CCO[13C](=O)[13CH2][S+](C)C. The van der Waals surface area contributed by atoms with Crippen molar-refractivity contribution in [2.24, 2.45) is 0 Å². The fraction of sp³-hybridized carbons (Fsp3) is 0.833. The molecule has 0 aliphatic carbocycles. The average molecular weight is 151 g/mol. The molecule has 0 N–H and O–H groups in total. The highest BCUT2D eigenvalue weighted by molar-refractivity contribution is 7.96. The Hall–Kier alpha value is -0.180. The smallest absolute Gasteiger partial charge is 0.356 e. The maximum absolute atomic E-state index is 10.6. The summed E-state index contributed by atoms with van der Waals surface area (Å²) in [4.78, 5) is 10.6. The predicted octanol–water partition coefficient (Wildman–Crippen LogP) is 0.427. The van der Waals surface area contributed by atoms with E-state index in [1.807, 2.05) is 19.4 Å². The van der Waals surface area contributed by atoms with Crippen LogP contribution in [-0.2, 0) is 20.4 Å². The molecule has 0 heterocycles. The van der Waals surface area contributed by atoms with Crippen molar-refractivity contribution in [3.63, 3.8) is 0 Å². The summed E-state index contributed by atoms with van der Waals surface area (Å²) < 4.78 is 4.72. The predicted molar refractivity (Wildman–Crippen MR) is 40.7 cm³/mol. The Bertz CT molecular complexity index is 91.1. The first-order valence-electron chi connectivity index (χ1n) is 2.86. The molecule has 0 spiro atoms. The molecule has 0 saturated carbocycles. The largest absolute Gasteiger partial charge is 0.463 e. The van der Waals surface area contributed by atoms with Gasteiger partial charge in [-0.3, -0.25) is 0 Å². The second kappa shape index (κ2) is 4.68. The molecule has 0 aliphatic rings. The van der Waals surface area contributed by atoms with Gasteiger partial charge in [-0.15, -0.1) is 0 Å². The molecule has 0 atom stereocenters. The van der Waals surface area contributed by atoms with Gasteiger partial charge in [0, 0.05) is 0 Å². The zero-order valence-electron chi connectivity index (χ0n) is 6.14. The Morgan fingerprint density at radius 3 is 2.44 bits per heavy atom. The lowest BCUT2D eigenvalue weighted by Gasteiger charge is -1.97. The number of carbonyl (C=O) groups is 1. The van der Waals surface area contributed by atoms with Crippen molar-refractivity contribution in [1.29, 1.82) is 0 Å². The Morgan fingerprint density at radius 1 is 1.56 bits per heavy atom. The summed E-state index contributed by atoms with van der Waals surface area (Å²) in [6.45, 7) is 2.32. The van der Waals surface area contributed by atoms with E-state index in [-0.39, 0.29) is 16.9 Å².